The molecule has 1 aromatic heterocycles. The van der Waals surface area contributed by atoms with Gasteiger partial charge in [0.1, 0.15) is 0 Å². The zero-order chi connectivity index (χ0) is 10.5. The summed E-state index contributed by atoms with van der Waals surface area (Å²) in [6, 6.07) is 2.53. The molecule has 82 valence electrons. The average molecular weight is 205 g/mol. The van der Waals surface area contributed by atoms with Crippen molar-refractivity contribution >= 4 is 0 Å². The van der Waals surface area contributed by atoms with Crippen LogP contribution in [0.4, 0.5) is 0 Å². The summed E-state index contributed by atoms with van der Waals surface area (Å²) in [5.74, 6) is 1.00. The normalized spacial score (nSPS) is 17.7. The largest absolute Gasteiger partial charge is 0.310 e. The molecule has 1 unspecified atom stereocenters. The lowest BCUT2D eigenvalue weighted by molar-refractivity contribution is 0.480. The van der Waals surface area contributed by atoms with Crippen molar-refractivity contribution in [1.29, 1.82) is 0 Å². The van der Waals surface area contributed by atoms with Crippen molar-refractivity contribution in [2.75, 3.05) is 6.54 Å². The van der Waals surface area contributed by atoms with Crippen LogP contribution in [0.1, 0.15) is 44.2 Å². The molecule has 0 radical (unpaired) electrons. The minimum absolute atomic E-state index is 0.464. The summed E-state index contributed by atoms with van der Waals surface area (Å²) >= 11 is 0. The first-order chi connectivity index (χ1) is 7.40. The number of aromatic nitrogens is 2. The molecule has 15 heavy (non-hydrogen) atoms. The number of rotatable bonds is 6. The van der Waals surface area contributed by atoms with Gasteiger partial charge in [0.2, 0.25) is 0 Å². The lowest BCUT2D eigenvalue weighted by Gasteiger charge is -2.17. The third kappa shape index (κ3) is 3.27. The van der Waals surface area contributed by atoms with Crippen molar-refractivity contribution in [2.24, 2.45) is 5.92 Å². The Bertz CT molecular complexity index is 282. The van der Waals surface area contributed by atoms with Crippen molar-refractivity contribution in [3.8, 4) is 0 Å². The second kappa shape index (κ2) is 5.21. The van der Waals surface area contributed by atoms with Gasteiger partial charge in [-0.3, -0.25) is 0 Å². The molecule has 2 rings (SSSR count). The maximum atomic E-state index is 3.94. The molecule has 0 aromatic carbocycles. The summed E-state index contributed by atoms with van der Waals surface area (Å²) in [5.41, 5.74) is 1.27. The van der Waals surface area contributed by atoms with Gasteiger partial charge in [0.05, 0.1) is 6.20 Å². The van der Waals surface area contributed by atoms with Crippen LogP contribution in [-0.2, 0) is 0 Å². The van der Waals surface area contributed by atoms with Crippen LogP contribution in [0, 0.1) is 5.92 Å². The average Bonchev–Trinajstić information content (AvgIpc) is 3.09. The molecule has 1 N–H and O–H groups in total. The number of hydrogen-bond acceptors (Lipinski definition) is 3. The third-order valence-electron chi connectivity index (χ3n) is 3.02. The van der Waals surface area contributed by atoms with E-state index in [0.717, 1.165) is 12.5 Å². The van der Waals surface area contributed by atoms with Crippen molar-refractivity contribution in [2.45, 2.75) is 38.6 Å². The van der Waals surface area contributed by atoms with Crippen molar-refractivity contribution in [3.63, 3.8) is 0 Å². The maximum absolute atomic E-state index is 3.94. The zero-order valence-electron chi connectivity index (χ0n) is 9.32. The molecule has 0 amide bonds. The van der Waals surface area contributed by atoms with Gasteiger partial charge in [-0.2, -0.15) is 10.2 Å². The first-order valence-corrected chi connectivity index (χ1v) is 5.90. The highest BCUT2D eigenvalue weighted by Gasteiger charge is 2.22. The molecule has 1 atom stereocenters. The minimum atomic E-state index is 0.464. The molecule has 0 saturated heterocycles. The van der Waals surface area contributed by atoms with E-state index in [9.17, 15) is 0 Å². The Kier molecular flexibility index (Phi) is 3.67. The molecule has 1 aliphatic rings. The topological polar surface area (TPSA) is 37.8 Å². The quantitative estimate of drug-likeness (QED) is 0.774. The van der Waals surface area contributed by atoms with Gasteiger partial charge in [0.15, 0.2) is 0 Å². The monoisotopic (exact) mass is 205 g/mol. The van der Waals surface area contributed by atoms with E-state index in [4.69, 9.17) is 0 Å². The second-order valence-electron chi connectivity index (χ2n) is 4.31. The van der Waals surface area contributed by atoms with Crippen LogP contribution < -0.4 is 5.32 Å². The minimum Gasteiger partial charge on any atom is -0.310 e. The van der Waals surface area contributed by atoms with Crippen molar-refractivity contribution < 1.29 is 0 Å². The van der Waals surface area contributed by atoms with Crippen LogP contribution >= 0.6 is 0 Å². The Hall–Kier alpha value is -0.960. The summed E-state index contributed by atoms with van der Waals surface area (Å²) in [7, 11) is 0. The fourth-order valence-electron chi connectivity index (χ4n) is 1.95. The predicted molar refractivity (Wildman–Crippen MR) is 60.4 cm³/mol. The summed E-state index contributed by atoms with van der Waals surface area (Å²) in [5, 5.41) is 11.3. The molecular formula is C12H19N3. The van der Waals surface area contributed by atoms with Crippen LogP contribution in [0.2, 0.25) is 0 Å². The molecule has 1 aromatic rings. The molecule has 1 heterocycles. The van der Waals surface area contributed by atoms with Crippen LogP contribution in [0.15, 0.2) is 18.5 Å². The van der Waals surface area contributed by atoms with Crippen LogP contribution in [0.5, 0.6) is 0 Å². The molecule has 0 bridgehead atoms. The summed E-state index contributed by atoms with van der Waals surface area (Å²) in [4.78, 5) is 0. The highest BCUT2D eigenvalue weighted by molar-refractivity contribution is 5.11. The lowest BCUT2D eigenvalue weighted by atomic mass is 10.0. The number of hydrogen-bond donors (Lipinski definition) is 1. The predicted octanol–water partition coefficient (Wildman–Crippen LogP) is 2.32. The summed E-state index contributed by atoms with van der Waals surface area (Å²) in [6.45, 7) is 3.16. The fraction of sp³-hybridized carbons (Fsp3) is 0.667. The van der Waals surface area contributed by atoms with Gasteiger partial charge in [0, 0.05) is 12.2 Å². The lowest BCUT2D eigenvalue weighted by Crippen LogP contribution is -2.21. The Labute approximate surface area is 91.3 Å². The summed E-state index contributed by atoms with van der Waals surface area (Å²) < 4.78 is 0. The Morgan fingerprint density at radius 1 is 1.47 bits per heavy atom. The number of nitrogens with zero attached hydrogens (tertiary/aromatic N) is 2. The van der Waals surface area contributed by atoms with Crippen LogP contribution in [0.3, 0.4) is 0 Å². The van der Waals surface area contributed by atoms with E-state index in [-0.39, 0.29) is 0 Å². The van der Waals surface area contributed by atoms with E-state index in [2.05, 4.69) is 28.5 Å². The standard InChI is InChI=1S/C12H19N3/c1-2-13-12(6-5-10-3-4-10)11-7-8-14-15-9-11/h7-10,12-13H,2-6H2,1H3. The zero-order valence-corrected chi connectivity index (χ0v) is 9.32. The van der Waals surface area contributed by atoms with E-state index in [0.29, 0.717) is 6.04 Å². The molecule has 0 aliphatic heterocycles. The van der Waals surface area contributed by atoms with E-state index in [1.807, 2.05) is 6.20 Å². The first kappa shape index (κ1) is 10.6. The molecule has 1 fully saturated rings. The Balaban J connectivity index is 1.91. The third-order valence-corrected chi connectivity index (χ3v) is 3.02. The maximum Gasteiger partial charge on any atom is 0.0544 e. The molecular weight excluding hydrogens is 186 g/mol. The summed E-state index contributed by atoms with van der Waals surface area (Å²) in [6.07, 6.45) is 9.10. The van der Waals surface area contributed by atoms with Gasteiger partial charge in [-0.1, -0.05) is 19.8 Å². The van der Waals surface area contributed by atoms with Crippen molar-refractivity contribution in [3.05, 3.63) is 24.0 Å². The van der Waals surface area contributed by atoms with Crippen LogP contribution in [0.25, 0.3) is 0 Å². The Morgan fingerprint density at radius 2 is 2.33 bits per heavy atom. The molecule has 0 spiro atoms. The molecule has 1 aliphatic carbocycles. The van der Waals surface area contributed by atoms with E-state index in [1.165, 1.54) is 31.2 Å². The van der Waals surface area contributed by atoms with E-state index < -0.39 is 0 Å². The van der Waals surface area contributed by atoms with E-state index in [1.54, 1.807) is 6.20 Å². The van der Waals surface area contributed by atoms with Gasteiger partial charge in [0.25, 0.3) is 0 Å². The van der Waals surface area contributed by atoms with Gasteiger partial charge < -0.3 is 5.32 Å². The Morgan fingerprint density at radius 3 is 2.93 bits per heavy atom. The molecule has 3 heteroatoms. The first-order valence-electron chi connectivity index (χ1n) is 5.90. The number of nitrogens with one attached hydrogen (secondary N) is 1. The molecule has 1 saturated carbocycles. The van der Waals surface area contributed by atoms with Gasteiger partial charge >= 0.3 is 0 Å². The van der Waals surface area contributed by atoms with Crippen molar-refractivity contribution in [1.82, 2.24) is 15.5 Å². The molecule has 3 nitrogen and oxygen atoms in total. The SMILES string of the molecule is CCNC(CCC1CC1)c1ccnnc1. The highest BCUT2D eigenvalue weighted by atomic mass is 15.1. The van der Waals surface area contributed by atoms with Crippen LogP contribution in [-0.4, -0.2) is 16.7 Å². The fourth-order valence-corrected chi connectivity index (χ4v) is 1.95. The smallest absolute Gasteiger partial charge is 0.0544 e. The van der Waals surface area contributed by atoms with Gasteiger partial charge in [-0.25, -0.2) is 0 Å². The van der Waals surface area contributed by atoms with Gasteiger partial charge in [-0.05, 0) is 36.9 Å². The van der Waals surface area contributed by atoms with E-state index >= 15 is 0 Å². The van der Waals surface area contributed by atoms with Gasteiger partial charge in [-0.15, -0.1) is 0 Å². The second-order valence-corrected chi connectivity index (χ2v) is 4.31. The highest BCUT2D eigenvalue weighted by Crippen LogP contribution is 2.35.